The van der Waals surface area contributed by atoms with Crippen LogP contribution in [0.1, 0.15) is 26.5 Å². The minimum absolute atomic E-state index is 0.177. The maximum atomic E-state index is 12.5. The lowest BCUT2D eigenvalue weighted by Crippen LogP contribution is -2.32. The first-order valence-corrected chi connectivity index (χ1v) is 6.09. The van der Waals surface area contributed by atoms with Crippen LogP contribution in [0.4, 0.5) is 19.1 Å². The first-order valence-electron chi connectivity index (χ1n) is 6.09. The zero-order valence-electron chi connectivity index (χ0n) is 11.4. The number of ether oxygens (including phenoxy) is 1. The first kappa shape index (κ1) is 16.2. The van der Waals surface area contributed by atoms with Gasteiger partial charge in [0.05, 0.1) is 12.5 Å². The van der Waals surface area contributed by atoms with Crippen LogP contribution in [-0.4, -0.2) is 28.6 Å². The van der Waals surface area contributed by atoms with Gasteiger partial charge in [0.2, 0.25) is 5.95 Å². The summed E-state index contributed by atoms with van der Waals surface area (Å²) in [6.45, 7) is 5.18. The highest BCUT2D eigenvalue weighted by Gasteiger charge is 2.33. The van der Waals surface area contributed by atoms with Gasteiger partial charge in [-0.2, -0.15) is 13.2 Å². The first-order chi connectivity index (χ1) is 9.25. The molecule has 0 radical (unpaired) electrons. The van der Waals surface area contributed by atoms with E-state index in [9.17, 15) is 18.0 Å². The highest BCUT2D eigenvalue weighted by Crippen LogP contribution is 2.27. The van der Waals surface area contributed by atoms with E-state index >= 15 is 0 Å². The number of esters is 1. The summed E-state index contributed by atoms with van der Waals surface area (Å²) in [5, 5.41) is 2.67. The van der Waals surface area contributed by atoms with E-state index in [0.717, 1.165) is 12.3 Å². The fourth-order valence-corrected chi connectivity index (χ4v) is 1.39. The van der Waals surface area contributed by atoms with Crippen LogP contribution in [0.5, 0.6) is 0 Å². The molecule has 0 aliphatic rings. The van der Waals surface area contributed by atoms with Gasteiger partial charge in [0.1, 0.15) is 5.69 Å². The molecule has 1 heterocycles. The van der Waals surface area contributed by atoms with Gasteiger partial charge in [-0.05, 0) is 26.8 Å². The Labute approximate surface area is 114 Å². The molecule has 112 valence electrons. The number of halogens is 3. The molecule has 0 saturated carbocycles. The van der Waals surface area contributed by atoms with Gasteiger partial charge in [-0.15, -0.1) is 0 Å². The van der Waals surface area contributed by atoms with Crippen LogP contribution < -0.4 is 5.32 Å². The molecule has 2 unspecified atom stereocenters. The van der Waals surface area contributed by atoms with Gasteiger partial charge >= 0.3 is 12.1 Å². The molecule has 0 aromatic carbocycles. The molecular formula is C12H16F3N3O2. The van der Waals surface area contributed by atoms with E-state index in [1.54, 1.807) is 20.8 Å². The molecule has 1 N–H and O–H groups in total. The minimum Gasteiger partial charge on any atom is -0.466 e. The average molecular weight is 291 g/mol. The van der Waals surface area contributed by atoms with Crippen LogP contribution in [0.15, 0.2) is 12.3 Å². The van der Waals surface area contributed by atoms with Crippen LogP contribution in [0.25, 0.3) is 0 Å². The Balaban J connectivity index is 2.76. The van der Waals surface area contributed by atoms with E-state index in [-0.39, 0.29) is 12.6 Å². The lowest BCUT2D eigenvalue weighted by molar-refractivity contribution is -0.147. The van der Waals surface area contributed by atoms with Crippen molar-refractivity contribution >= 4 is 11.9 Å². The van der Waals surface area contributed by atoms with Crippen LogP contribution in [0.2, 0.25) is 0 Å². The third kappa shape index (κ3) is 4.36. The summed E-state index contributed by atoms with van der Waals surface area (Å²) in [6, 6.07) is 0.322. The van der Waals surface area contributed by atoms with E-state index in [1.807, 2.05) is 0 Å². The summed E-state index contributed by atoms with van der Waals surface area (Å²) in [5.74, 6) is -1.14. The molecule has 8 heteroatoms. The number of hydrogen-bond donors (Lipinski definition) is 1. The van der Waals surface area contributed by atoms with Crippen molar-refractivity contribution < 1.29 is 22.7 Å². The zero-order chi connectivity index (χ0) is 15.3. The number of aromatic nitrogens is 2. The second kappa shape index (κ2) is 6.53. The number of anilines is 1. The number of nitrogens with one attached hydrogen (secondary N) is 1. The molecule has 0 saturated heterocycles. The Morgan fingerprint density at radius 3 is 2.65 bits per heavy atom. The Morgan fingerprint density at radius 1 is 1.45 bits per heavy atom. The number of rotatable bonds is 5. The molecule has 1 aromatic rings. The number of carbonyl (C=O) groups is 1. The summed E-state index contributed by atoms with van der Waals surface area (Å²) >= 11 is 0. The number of carbonyl (C=O) groups excluding carboxylic acids is 1. The molecule has 2 atom stereocenters. The van der Waals surface area contributed by atoms with Gasteiger partial charge in [0.25, 0.3) is 0 Å². The largest absolute Gasteiger partial charge is 0.466 e. The average Bonchev–Trinajstić information content (AvgIpc) is 2.37. The predicted molar refractivity (Wildman–Crippen MR) is 65.9 cm³/mol. The van der Waals surface area contributed by atoms with Gasteiger partial charge in [0, 0.05) is 12.2 Å². The summed E-state index contributed by atoms with van der Waals surface area (Å²) in [6.07, 6.45) is -3.52. The molecule has 0 bridgehead atoms. The van der Waals surface area contributed by atoms with E-state index in [2.05, 4.69) is 15.3 Å². The molecule has 0 spiro atoms. The normalized spacial score (nSPS) is 14.5. The second-order valence-electron chi connectivity index (χ2n) is 4.24. The van der Waals surface area contributed by atoms with Crippen LogP contribution in [0.3, 0.4) is 0 Å². The van der Waals surface area contributed by atoms with E-state index in [0.29, 0.717) is 0 Å². The van der Waals surface area contributed by atoms with Crippen LogP contribution in [-0.2, 0) is 15.7 Å². The Hall–Kier alpha value is -1.86. The summed E-state index contributed by atoms with van der Waals surface area (Å²) in [4.78, 5) is 18.6. The maximum Gasteiger partial charge on any atom is 0.433 e. The lowest BCUT2D eigenvalue weighted by Gasteiger charge is -2.20. The molecule has 0 amide bonds. The highest BCUT2D eigenvalue weighted by molar-refractivity contribution is 5.73. The maximum absolute atomic E-state index is 12.5. The summed E-state index contributed by atoms with van der Waals surface area (Å²) in [5.41, 5.74) is -1.04. The van der Waals surface area contributed by atoms with Gasteiger partial charge in [-0.3, -0.25) is 4.79 Å². The van der Waals surface area contributed by atoms with Gasteiger partial charge in [0.15, 0.2) is 0 Å². The fraction of sp³-hybridized carbons (Fsp3) is 0.583. The van der Waals surface area contributed by atoms with Crippen molar-refractivity contribution in [2.75, 3.05) is 11.9 Å². The van der Waals surface area contributed by atoms with Crippen molar-refractivity contribution in [2.45, 2.75) is 33.0 Å². The molecule has 20 heavy (non-hydrogen) atoms. The third-order valence-corrected chi connectivity index (χ3v) is 2.71. The van der Waals surface area contributed by atoms with Gasteiger partial charge in [-0.25, -0.2) is 9.97 Å². The molecule has 5 nitrogen and oxygen atoms in total. The summed E-state index contributed by atoms with van der Waals surface area (Å²) in [7, 11) is 0. The molecule has 0 aliphatic heterocycles. The minimum atomic E-state index is -4.53. The number of hydrogen-bond acceptors (Lipinski definition) is 5. The SMILES string of the molecule is CCOC(=O)C(C)C(C)Nc1nccc(C(F)(F)F)n1. The number of nitrogens with zero attached hydrogens (tertiary/aromatic N) is 2. The summed E-state index contributed by atoms with van der Waals surface area (Å²) < 4.78 is 42.3. The van der Waals surface area contributed by atoms with Crippen molar-refractivity contribution in [3.05, 3.63) is 18.0 Å². The topological polar surface area (TPSA) is 64.1 Å². The van der Waals surface area contributed by atoms with E-state index in [4.69, 9.17) is 4.74 Å². The molecule has 1 aromatic heterocycles. The van der Waals surface area contributed by atoms with E-state index < -0.39 is 29.8 Å². The van der Waals surface area contributed by atoms with Crippen molar-refractivity contribution in [1.29, 1.82) is 0 Å². The number of alkyl halides is 3. The van der Waals surface area contributed by atoms with Crippen LogP contribution >= 0.6 is 0 Å². The molecule has 0 fully saturated rings. The van der Waals surface area contributed by atoms with Gasteiger partial charge in [-0.1, -0.05) is 0 Å². The second-order valence-corrected chi connectivity index (χ2v) is 4.24. The Kier molecular flexibility index (Phi) is 5.29. The fourth-order valence-electron chi connectivity index (χ4n) is 1.39. The predicted octanol–water partition coefficient (Wildman–Crippen LogP) is 2.50. The Bertz CT molecular complexity index is 466. The van der Waals surface area contributed by atoms with Crippen molar-refractivity contribution in [3.63, 3.8) is 0 Å². The Morgan fingerprint density at radius 2 is 2.10 bits per heavy atom. The van der Waals surface area contributed by atoms with E-state index in [1.165, 1.54) is 0 Å². The van der Waals surface area contributed by atoms with Crippen molar-refractivity contribution in [1.82, 2.24) is 9.97 Å². The smallest absolute Gasteiger partial charge is 0.433 e. The van der Waals surface area contributed by atoms with Crippen molar-refractivity contribution in [2.24, 2.45) is 5.92 Å². The zero-order valence-corrected chi connectivity index (χ0v) is 11.4. The quantitative estimate of drug-likeness (QED) is 0.844. The standard InChI is InChI=1S/C12H16F3N3O2/c1-4-20-10(19)7(2)8(3)17-11-16-6-5-9(18-11)12(13,14)15/h5-8H,4H2,1-3H3,(H,16,17,18). The molecule has 0 aliphatic carbocycles. The third-order valence-electron chi connectivity index (χ3n) is 2.71. The monoisotopic (exact) mass is 291 g/mol. The highest BCUT2D eigenvalue weighted by atomic mass is 19.4. The lowest BCUT2D eigenvalue weighted by atomic mass is 10.0. The van der Waals surface area contributed by atoms with Crippen LogP contribution in [0, 0.1) is 5.92 Å². The van der Waals surface area contributed by atoms with Crippen molar-refractivity contribution in [3.8, 4) is 0 Å². The molecule has 1 rings (SSSR count). The van der Waals surface area contributed by atoms with Gasteiger partial charge < -0.3 is 10.1 Å². The molecular weight excluding hydrogens is 275 g/mol.